The van der Waals surface area contributed by atoms with E-state index in [1.165, 1.54) is 11.9 Å². The van der Waals surface area contributed by atoms with Gasteiger partial charge in [0.1, 0.15) is 6.04 Å². The van der Waals surface area contributed by atoms with Crippen molar-refractivity contribution in [2.75, 3.05) is 32.0 Å². The number of fused-ring (bicyclic) bond motifs is 1. The molecular formula is C28H36N4O6. The number of nitrogens with zero attached hydrogens (tertiary/aromatic N) is 3. The molecule has 4 aliphatic rings. The van der Waals surface area contributed by atoms with E-state index in [-0.39, 0.29) is 40.7 Å². The quantitative estimate of drug-likeness (QED) is 0.579. The number of carboxylic acid groups (broad SMARTS) is 1. The number of nitrogens with one attached hydrogen (secondary N) is 1. The Kier molecular flexibility index (Phi) is 6.27. The molecule has 204 valence electrons. The first-order chi connectivity index (χ1) is 17.9. The number of piperidine rings is 2. The number of hydrogen-bond donors (Lipinski definition) is 2. The predicted octanol–water partition coefficient (Wildman–Crippen LogP) is 3.28. The summed E-state index contributed by atoms with van der Waals surface area (Å²) in [5.74, 6) is -1.14. The SMILES string of the molecule is CN1C(=O)CCC(N2C(=O)c3cccc(NCC4CC5(CCN(C(=O)O)CC5)C4C(C)(C)C)c3C2=O)C1=O. The molecule has 3 aliphatic heterocycles. The third kappa shape index (κ3) is 4.05. The number of carbonyl (C=O) groups is 5. The monoisotopic (exact) mass is 524 g/mol. The lowest BCUT2D eigenvalue weighted by Gasteiger charge is -2.63. The highest BCUT2D eigenvalue weighted by Gasteiger charge is 2.58. The molecule has 10 nitrogen and oxygen atoms in total. The molecule has 3 fully saturated rings. The maximum atomic E-state index is 13.5. The number of amides is 5. The Balaban J connectivity index is 1.32. The van der Waals surface area contributed by atoms with E-state index in [9.17, 15) is 29.1 Å². The van der Waals surface area contributed by atoms with E-state index in [2.05, 4.69) is 26.1 Å². The fraction of sp³-hybridized carbons (Fsp3) is 0.607. The smallest absolute Gasteiger partial charge is 0.407 e. The van der Waals surface area contributed by atoms with Gasteiger partial charge in [0.15, 0.2) is 0 Å². The van der Waals surface area contributed by atoms with Crippen LogP contribution in [0.2, 0.25) is 0 Å². The lowest BCUT2D eigenvalue weighted by molar-refractivity contribution is -0.149. The van der Waals surface area contributed by atoms with Gasteiger partial charge in [-0.1, -0.05) is 26.8 Å². The first kappa shape index (κ1) is 26.2. The number of hydrogen-bond acceptors (Lipinski definition) is 6. The molecular weight excluding hydrogens is 488 g/mol. The van der Waals surface area contributed by atoms with Crippen LogP contribution < -0.4 is 5.32 Å². The molecule has 1 aromatic carbocycles. The molecule has 2 N–H and O–H groups in total. The summed E-state index contributed by atoms with van der Waals surface area (Å²) in [4.78, 5) is 66.3. The van der Waals surface area contributed by atoms with E-state index in [0.717, 1.165) is 29.1 Å². The lowest BCUT2D eigenvalue weighted by Crippen LogP contribution is -2.60. The van der Waals surface area contributed by atoms with Crippen LogP contribution in [0.25, 0.3) is 0 Å². The highest BCUT2D eigenvalue weighted by molar-refractivity contribution is 6.25. The van der Waals surface area contributed by atoms with Crippen molar-refractivity contribution in [1.82, 2.24) is 14.7 Å². The summed E-state index contributed by atoms with van der Waals surface area (Å²) in [7, 11) is 1.38. The van der Waals surface area contributed by atoms with Crippen molar-refractivity contribution in [2.24, 2.45) is 22.7 Å². The van der Waals surface area contributed by atoms with Crippen LogP contribution in [0.1, 0.15) is 73.6 Å². The molecule has 1 spiro atoms. The first-order valence-corrected chi connectivity index (χ1v) is 13.4. The van der Waals surface area contributed by atoms with Crippen molar-refractivity contribution in [3.63, 3.8) is 0 Å². The van der Waals surface area contributed by atoms with Crippen LogP contribution in [0, 0.1) is 22.7 Å². The van der Waals surface area contributed by atoms with Gasteiger partial charge in [-0.05, 0) is 60.5 Å². The first-order valence-electron chi connectivity index (χ1n) is 13.4. The summed E-state index contributed by atoms with van der Waals surface area (Å²) in [6, 6.07) is 4.15. The molecule has 38 heavy (non-hydrogen) atoms. The Morgan fingerprint density at radius 2 is 1.79 bits per heavy atom. The third-order valence-electron chi connectivity index (χ3n) is 9.20. The Morgan fingerprint density at radius 3 is 2.42 bits per heavy atom. The summed E-state index contributed by atoms with van der Waals surface area (Å²) >= 11 is 0. The van der Waals surface area contributed by atoms with Crippen LogP contribution in [0.3, 0.4) is 0 Å². The normalized spacial score (nSPS) is 27.1. The van der Waals surface area contributed by atoms with Gasteiger partial charge in [0.05, 0.1) is 11.1 Å². The maximum Gasteiger partial charge on any atom is 0.407 e. The molecule has 0 bridgehead atoms. The van der Waals surface area contributed by atoms with Crippen molar-refractivity contribution in [2.45, 2.75) is 58.9 Å². The third-order valence-corrected chi connectivity index (χ3v) is 9.20. The summed E-state index contributed by atoms with van der Waals surface area (Å²) in [5, 5.41) is 12.8. The minimum atomic E-state index is -0.980. The van der Waals surface area contributed by atoms with E-state index >= 15 is 0 Å². The highest BCUT2D eigenvalue weighted by Crippen LogP contribution is 2.63. The predicted molar refractivity (Wildman–Crippen MR) is 139 cm³/mol. The Hall–Kier alpha value is -3.43. The number of benzene rings is 1. The van der Waals surface area contributed by atoms with Crippen molar-refractivity contribution in [1.29, 1.82) is 0 Å². The van der Waals surface area contributed by atoms with Gasteiger partial charge in [-0.25, -0.2) is 4.79 Å². The Labute approximate surface area is 222 Å². The second-order valence-electron chi connectivity index (χ2n) is 12.4. The van der Waals surface area contributed by atoms with Gasteiger partial charge in [0.2, 0.25) is 5.91 Å². The zero-order valence-corrected chi connectivity index (χ0v) is 22.5. The average molecular weight is 525 g/mol. The van der Waals surface area contributed by atoms with Gasteiger partial charge in [-0.3, -0.25) is 29.0 Å². The Bertz CT molecular complexity index is 1210. The standard InChI is InChI=1S/C28H36N4O6/c1-27(2,3)22-16(14-28(22)10-12-31(13-11-28)26(37)38)15-29-18-7-5-6-17-21(18)25(36)32(23(17)34)19-8-9-20(33)30(4)24(19)35/h5-7,16,19,22,29H,8-15H2,1-4H3,(H,37,38). The second kappa shape index (κ2) is 9.10. The highest BCUT2D eigenvalue weighted by atomic mass is 16.4. The molecule has 5 amide bonds. The molecule has 0 radical (unpaired) electrons. The summed E-state index contributed by atoms with van der Waals surface area (Å²) in [6.45, 7) is 8.45. The van der Waals surface area contributed by atoms with E-state index in [1.807, 2.05) is 0 Å². The van der Waals surface area contributed by atoms with E-state index in [1.54, 1.807) is 18.2 Å². The minimum Gasteiger partial charge on any atom is -0.465 e. The summed E-state index contributed by atoms with van der Waals surface area (Å²) < 4.78 is 0. The molecule has 10 heteroatoms. The van der Waals surface area contributed by atoms with Crippen molar-refractivity contribution in [3.8, 4) is 0 Å². The largest absolute Gasteiger partial charge is 0.465 e. The number of rotatable bonds is 4. The van der Waals surface area contributed by atoms with Gasteiger partial charge in [0.25, 0.3) is 17.7 Å². The van der Waals surface area contributed by atoms with E-state index in [0.29, 0.717) is 37.2 Å². The molecule has 1 aromatic rings. The molecule has 3 unspecified atom stereocenters. The number of anilines is 1. The summed E-state index contributed by atoms with van der Waals surface area (Å²) in [5.41, 5.74) is 1.27. The second-order valence-corrected chi connectivity index (χ2v) is 12.4. The molecule has 2 saturated heterocycles. The fourth-order valence-electron chi connectivity index (χ4n) is 7.69. The van der Waals surface area contributed by atoms with E-state index < -0.39 is 29.9 Å². The molecule has 1 aliphatic carbocycles. The number of likely N-dealkylation sites (N-methyl/N-ethyl adjacent to an activating group) is 1. The van der Waals surface area contributed by atoms with Gasteiger partial charge < -0.3 is 15.3 Å². The minimum absolute atomic E-state index is 0.0298. The van der Waals surface area contributed by atoms with Crippen molar-refractivity contribution >= 4 is 35.4 Å². The van der Waals surface area contributed by atoms with Crippen LogP contribution in [-0.2, 0) is 9.59 Å². The van der Waals surface area contributed by atoms with Crippen molar-refractivity contribution < 1.29 is 29.1 Å². The summed E-state index contributed by atoms with van der Waals surface area (Å²) in [6.07, 6.45) is 2.07. The van der Waals surface area contributed by atoms with Crippen LogP contribution in [0.5, 0.6) is 0 Å². The van der Waals surface area contributed by atoms with E-state index in [4.69, 9.17) is 0 Å². The maximum absolute atomic E-state index is 13.5. The van der Waals surface area contributed by atoms with Crippen molar-refractivity contribution in [3.05, 3.63) is 29.3 Å². The van der Waals surface area contributed by atoms with Gasteiger partial charge in [-0.2, -0.15) is 0 Å². The Morgan fingerprint density at radius 1 is 1.11 bits per heavy atom. The molecule has 1 saturated carbocycles. The zero-order valence-electron chi connectivity index (χ0n) is 22.5. The molecule has 3 atom stereocenters. The van der Waals surface area contributed by atoms with Gasteiger partial charge >= 0.3 is 6.09 Å². The van der Waals surface area contributed by atoms with Crippen LogP contribution >= 0.6 is 0 Å². The van der Waals surface area contributed by atoms with Crippen LogP contribution in [-0.4, -0.2) is 82.3 Å². The topological polar surface area (TPSA) is 127 Å². The number of imide groups is 2. The molecule has 3 heterocycles. The van der Waals surface area contributed by atoms with Gasteiger partial charge in [0, 0.05) is 38.8 Å². The zero-order chi connectivity index (χ0) is 27.6. The lowest BCUT2D eigenvalue weighted by atomic mass is 9.44. The average Bonchev–Trinajstić information content (AvgIpc) is 3.10. The number of likely N-dealkylation sites (tertiary alicyclic amines) is 2. The van der Waals surface area contributed by atoms with Gasteiger partial charge in [-0.15, -0.1) is 0 Å². The van der Waals surface area contributed by atoms with Crippen LogP contribution in [0.15, 0.2) is 18.2 Å². The molecule has 5 rings (SSSR count). The number of carbonyl (C=O) groups excluding carboxylic acids is 4. The molecule has 0 aromatic heterocycles. The van der Waals surface area contributed by atoms with Crippen LogP contribution in [0.4, 0.5) is 10.5 Å². The fourth-order valence-corrected chi connectivity index (χ4v) is 7.69.